The number of benzene rings is 2. The van der Waals surface area contributed by atoms with Crippen LogP contribution in [0.4, 0.5) is 11.4 Å². The first-order valence-corrected chi connectivity index (χ1v) is 13.0. The van der Waals surface area contributed by atoms with Crippen molar-refractivity contribution in [2.45, 2.75) is 14.1 Å². The van der Waals surface area contributed by atoms with E-state index in [1.165, 1.54) is 38.5 Å². The van der Waals surface area contributed by atoms with Gasteiger partial charge in [0.15, 0.2) is 4.33 Å². The van der Waals surface area contributed by atoms with Crippen LogP contribution in [0, 0.1) is 11.8 Å². The van der Waals surface area contributed by atoms with E-state index in [4.69, 9.17) is 79.1 Å². The van der Waals surface area contributed by atoms with Gasteiger partial charge in [0.05, 0.1) is 47.5 Å². The number of hydrogen-bond acceptors (Lipinski definition) is 5. The minimum atomic E-state index is -2.01. The number of alkyl halides is 4. The Balaban J connectivity index is 1.41. The van der Waals surface area contributed by atoms with E-state index < -0.39 is 43.6 Å². The van der Waals surface area contributed by atoms with Crippen LogP contribution in [0.25, 0.3) is 0 Å². The fourth-order valence-corrected chi connectivity index (χ4v) is 8.04. The molecule has 2 aromatic rings. The fraction of sp³-hybridized carbons (Fsp3) is 0.292. The van der Waals surface area contributed by atoms with Crippen molar-refractivity contribution in [1.29, 1.82) is 0 Å². The number of anilines is 2. The summed E-state index contributed by atoms with van der Waals surface area (Å²) in [6.07, 6.45) is 0. The van der Waals surface area contributed by atoms with Crippen LogP contribution >= 0.6 is 69.6 Å². The number of ether oxygens (including phenoxy) is 2. The van der Waals surface area contributed by atoms with Crippen LogP contribution in [0.3, 0.4) is 0 Å². The van der Waals surface area contributed by atoms with E-state index in [1.54, 1.807) is 18.2 Å². The summed E-state index contributed by atoms with van der Waals surface area (Å²) in [5.41, 5.74) is 0.888. The summed E-state index contributed by atoms with van der Waals surface area (Å²) in [7, 11) is 2.99. The number of hydrogen-bond donors (Lipinski definition) is 1. The van der Waals surface area contributed by atoms with Crippen molar-refractivity contribution in [3.8, 4) is 11.5 Å². The molecule has 2 bridgehead atoms. The normalized spacial score (nSPS) is 29.6. The molecule has 194 valence electrons. The topological polar surface area (TPSA) is 84.9 Å². The highest BCUT2D eigenvalue weighted by Gasteiger charge is 2.87. The number of methoxy groups -OCH3 is 2. The third-order valence-corrected chi connectivity index (χ3v) is 11.2. The predicted molar refractivity (Wildman–Crippen MR) is 144 cm³/mol. The zero-order chi connectivity index (χ0) is 27.1. The van der Waals surface area contributed by atoms with Crippen LogP contribution in [0.1, 0.15) is 10.4 Å². The second-order valence-electron chi connectivity index (χ2n) is 8.66. The molecule has 0 spiro atoms. The van der Waals surface area contributed by atoms with E-state index in [1.807, 2.05) is 0 Å². The van der Waals surface area contributed by atoms with Crippen LogP contribution in [0.5, 0.6) is 11.5 Å². The van der Waals surface area contributed by atoms with Crippen molar-refractivity contribution < 1.29 is 23.9 Å². The average Bonchev–Trinajstić information content (AvgIpc) is 3.27. The number of nitrogens with zero attached hydrogens (tertiary/aromatic N) is 1. The second-order valence-corrected chi connectivity index (χ2v) is 11.9. The predicted octanol–water partition coefficient (Wildman–Crippen LogP) is 5.91. The van der Waals surface area contributed by atoms with Crippen molar-refractivity contribution in [1.82, 2.24) is 0 Å². The second kappa shape index (κ2) is 8.83. The highest BCUT2D eigenvalue weighted by atomic mass is 35.5. The Bertz CT molecular complexity index is 1350. The SMILES string of the molecule is COc1ccc(NC(=O)c2ccc(N3C(=O)[C@H]4[C@H](C3=O)[C@@]3(Cl)C(Cl)=C(Cl)[C@@]4(Cl)C3(Cl)Cl)cc2)c(OC)c1. The molecule has 1 heterocycles. The van der Waals surface area contributed by atoms with Crippen molar-refractivity contribution in [3.63, 3.8) is 0 Å². The van der Waals surface area contributed by atoms with Crippen molar-refractivity contribution >= 4 is 98.7 Å². The molecule has 2 fully saturated rings. The standard InChI is InChI=1S/C24H16Cl6N2O5/c1-36-12-7-8-13(14(9-12)37-2)31-19(33)10-3-5-11(6-4-10)32-20(34)15-16(21(32)35)23(28)18(26)17(25)22(15,27)24(23,29)30/h3-9,15-16H,1-2H3,(H,31,33)/t15-,16-,22-,23-/m1/s1. The lowest BCUT2D eigenvalue weighted by Crippen LogP contribution is -2.50. The molecule has 2 aliphatic carbocycles. The molecule has 1 N–H and O–H groups in total. The van der Waals surface area contributed by atoms with Gasteiger partial charge in [0.2, 0.25) is 11.8 Å². The highest BCUT2D eigenvalue weighted by Crippen LogP contribution is 2.77. The first kappa shape index (κ1) is 26.7. The van der Waals surface area contributed by atoms with Crippen LogP contribution in [-0.2, 0) is 9.59 Å². The summed E-state index contributed by atoms with van der Waals surface area (Å²) in [5, 5.41) is 2.42. The number of halogens is 6. The lowest BCUT2D eigenvalue weighted by molar-refractivity contribution is -0.123. The molecule has 0 unspecified atom stereocenters. The van der Waals surface area contributed by atoms with Gasteiger partial charge < -0.3 is 14.8 Å². The minimum absolute atomic E-state index is 0.166. The smallest absolute Gasteiger partial charge is 0.255 e. The van der Waals surface area contributed by atoms with Gasteiger partial charge in [0.1, 0.15) is 21.2 Å². The number of allylic oxidation sites excluding steroid dienone is 2. The number of nitrogens with one attached hydrogen (secondary N) is 1. The Morgan fingerprint density at radius 1 is 0.865 bits per heavy atom. The molecule has 1 saturated carbocycles. The van der Waals surface area contributed by atoms with Gasteiger partial charge in [-0.15, -0.1) is 23.2 Å². The van der Waals surface area contributed by atoms with Crippen LogP contribution in [0.15, 0.2) is 52.5 Å². The summed E-state index contributed by atoms with van der Waals surface area (Å²) in [6.45, 7) is 0. The minimum Gasteiger partial charge on any atom is -0.497 e. The molecule has 4 atom stereocenters. The maximum absolute atomic E-state index is 13.5. The van der Waals surface area contributed by atoms with Gasteiger partial charge in [-0.1, -0.05) is 46.4 Å². The number of imide groups is 1. The Hall–Kier alpha value is -1.87. The maximum atomic E-state index is 13.5. The van der Waals surface area contributed by atoms with Gasteiger partial charge in [-0.05, 0) is 36.4 Å². The van der Waals surface area contributed by atoms with E-state index in [0.717, 1.165) is 4.90 Å². The highest BCUT2D eigenvalue weighted by molar-refractivity contribution is 6.67. The molecule has 1 saturated heterocycles. The number of carbonyl (C=O) groups is 3. The van der Waals surface area contributed by atoms with Crippen LogP contribution < -0.4 is 19.7 Å². The van der Waals surface area contributed by atoms with Gasteiger partial charge in [-0.25, -0.2) is 4.90 Å². The molecule has 3 aliphatic rings. The van der Waals surface area contributed by atoms with E-state index in [0.29, 0.717) is 17.2 Å². The molecular formula is C24H16Cl6N2O5. The molecule has 7 nitrogen and oxygen atoms in total. The van der Waals surface area contributed by atoms with Crippen molar-refractivity contribution in [2.24, 2.45) is 11.8 Å². The number of amides is 3. The zero-order valence-electron chi connectivity index (χ0n) is 19.0. The summed E-state index contributed by atoms with van der Waals surface area (Å²) >= 11 is 39.1. The number of carbonyl (C=O) groups excluding carboxylic acids is 3. The largest absolute Gasteiger partial charge is 0.497 e. The average molecular weight is 625 g/mol. The summed E-state index contributed by atoms with van der Waals surface area (Å²) in [4.78, 5) is 36.9. The third-order valence-electron chi connectivity index (χ3n) is 6.95. The van der Waals surface area contributed by atoms with Gasteiger partial charge in [0, 0.05) is 11.6 Å². The number of fused-ring (bicyclic) bond motifs is 5. The maximum Gasteiger partial charge on any atom is 0.255 e. The third kappa shape index (κ3) is 3.31. The summed E-state index contributed by atoms with van der Waals surface area (Å²) in [6, 6.07) is 10.8. The van der Waals surface area contributed by atoms with Gasteiger partial charge in [0.25, 0.3) is 5.91 Å². The molecule has 0 radical (unpaired) electrons. The molecule has 13 heteroatoms. The van der Waals surface area contributed by atoms with E-state index >= 15 is 0 Å². The molecule has 0 aromatic heterocycles. The lowest BCUT2D eigenvalue weighted by Gasteiger charge is -2.34. The van der Waals surface area contributed by atoms with Crippen molar-refractivity contribution in [2.75, 3.05) is 24.4 Å². The van der Waals surface area contributed by atoms with E-state index in [2.05, 4.69) is 5.32 Å². The molecule has 5 rings (SSSR count). The molecule has 2 aromatic carbocycles. The molecule has 3 amide bonds. The number of rotatable bonds is 5. The summed E-state index contributed by atoms with van der Waals surface area (Å²) in [5.74, 6) is -3.32. The van der Waals surface area contributed by atoms with Crippen LogP contribution in [0.2, 0.25) is 0 Å². The molecule has 1 aliphatic heterocycles. The Morgan fingerprint density at radius 2 is 1.41 bits per heavy atom. The van der Waals surface area contributed by atoms with Gasteiger partial charge in [-0.2, -0.15) is 0 Å². The Kier molecular flexibility index (Phi) is 6.38. The Morgan fingerprint density at radius 3 is 1.89 bits per heavy atom. The van der Waals surface area contributed by atoms with Crippen LogP contribution in [-0.4, -0.2) is 46.0 Å². The van der Waals surface area contributed by atoms with E-state index in [-0.39, 0.29) is 21.3 Å². The first-order chi connectivity index (χ1) is 17.4. The van der Waals surface area contributed by atoms with Crippen molar-refractivity contribution in [3.05, 3.63) is 58.1 Å². The monoisotopic (exact) mass is 622 g/mol. The summed E-state index contributed by atoms with van der Waals surface area (Å²) < 4.78 is 8.45. The zero-order valence-corrected chi connectivity index (χ0v) is 23.5. The Labute approximate surface area is 241 Å². The lowest BCUT2D eigenvalue weighted by atomic mass is 9.84. The van der Waals surface area contributed by atoms with Gasteiger partial charge in [-0.3, -0.25) is 14.4 Å². The van der Waals surface area contributed by atoms with Gasteiger partial charge >= 0.3 is 0 Å². The first-order valence-electron chi connectivity index (χ1n) is 10.7. The quantitative estimate of drug-likeness (QED) is 0.330. The molecular weight excluding hydrogens is 609 g/mol. The van der Waals surface area contributed by atoms with E-state index in [9.17, 15) is 14.4 Å². The fourth-order valence-electron chi connectivity index (χ4n) is 5.11. The molecule has 37 heavy (non-hydrogen) atoms.